The van der Waals surface area contributed by atoms with Crippen LogP contribution in [0.4, 0.5) is 0 Å². The molecule has 0 heterocycles. The van der Waals surface area contributed by atoms with E-state index in [1.54, 1.807) is 0 Å². The summed E-state index contributed by atoms with van der Waals surface area (Å²) in [5.41, 5.74) is 4.05. The standard InChI is InChI=1S/C27H48O/c1-4-6-8-10-12-14-16-18-20-25-24(3)22-23-27(28)26(25)21-19-17-15-13-11-9-7-5-2/h22-23,28H,4-21H2,1-3H3. The lowest BCUT2D eigenvalue weighted by molar-refractivity contribution is 0.463. The summed E-state index contributed by atoms with van der Waals surface area (Å²) in [5.74, 6) is 0.531. The number of benzene rings is 1. The molecule has 0 radical (unpaired) electrons. The van der Waals surface area contributed by atoms with Crippen LogP contribution in [0.5, 0.6) is 5.75 Å². The van der Waals surface area contributed by atoms with E-state index in [0.717, 1.165) is 12.8 Å². The largest absolute Gasteiger partial charge is 0.508 e. The number of rotatable bonds is 18. The number of phenolic OH excluding ortho intramolecular Hbond substituents is 1. The van der Waals surface area contributed by atoms with Crippen LogP contribution in [0, 0.1) is 6.92 Å². The third kappa shape index (κ3) is 11.1. The molecule has 0 atom stereocenters. The molecule has 0 aliphatic carbocycles. The SMILES string of the molecule is CCCCCCCCCCc1c(C)ccc(O)c1CCCCCCCCCC. The minimum Gasteiger partial charge on any atom is -0.508 e. The van der Waals surface area contributed by atoms with Gasteiger partial charge >= 0.3 is 0 Å². The van der Waals surface area contributed by atoms with Gasteiger partial charge in [-0.3, -0.25) is 0 Å². The lowest BCUT2D eigenvalue weighted by Gasteiger charge is -2.15. The van der Waals surface area contributed by atoms with Gasteiger partial charge in [-0.2, -0.15) is 0 Å². The van der Waals surface area contributed by atoms with Gasteiger partial charge < -0.3 is 5.11 Å². The van der Waals surface area contributed by atoms with Crippen LogP contribution in [0.25, 0.3) is 0 Å². The molecule has 28 heavy (non-hydrogen) atoms. The molecule has 0 bridgehead atoms. The molecule has 1 aromatic rings. The van der Waals surface area contributed by atoms with Crippen LogP contribution in [0.3, 0.4) is 0 Å². The molecule has 0 spiro atoms. The number of hydrogen-bond donors (Lipinski definition) is 1. The fourth-order valence-corrected chi connectivity index (χ4v) is 4.30. The molecule has 162 valence electrons. The summed E-state index contributed by atoms with van der Waals surface area (Å²) in [4.78, 5) is 0. The Labute approximate surface area is 176 Å². The van der Waals surface area contributed by atoms with Gasteiger partial charge in [0.15, 0.2) is 0 Å². The summed E-state index contributed by atoms with van der Waals surface area (Å²) in [6.07, 6.45) is 23.9. The zero-order valence-corrected chi connectivity index (χ0v) is 19.3. The molecular formula is C27H48O. The quantitative estimate of drug-likeness (QED) is 0.249. The Morgan fingerprint density at radius 3 is 1.39 bits per heavy atom. The van der Waals surface area contributed by atoms with Gasteiger partial charge in [0, 0.05) is 0 Å². The van der Waals surface area contributed by atoms with Gasteiger partial charge in [-0.25, -0.2) is 0 Å². The molecule has 0 aliphatic heterocycles. The van der Waals surface area contributed by atoms with Crippen molar-refractivity contribution >= 4 is 0 Å². The molecule has 0 fully saturated rings. The molecule has 0 saturated carbocycles. The van der Waals surface area contributed by atoms with Gasteiger partial charge in [0.05, 0.1) is 0 Å². The maximum atomic E-state index is 10.4. The van der Waals surface area contributed by atoms with E-state index in [4.69, 9.17) is 0 Å². The molecule has 1 N–H and O–H groups in total. The first-order chi connectivity index (χ1) is 13.7. The molecule has 1 heteroatoms. The fourth-order valence-electron chi connectivity index (χ4n) is 4.30. The first kappa shape index (κ1) is 25.1. The van der Waals surface area contributed by atoms with Crippen molar-refractivity contribution < 1.29 is 5.11 Å². The molecule has 0 saturated heterocycles. The van der Waals surface area contributed by atoms with Gasteiger partial charge in [-0.1, -0.05) is 110 Å². The van der Waals surface area contributed by atoms with Crippen molar-refractivity contribution in [2.45, 2.75) is 136 Å². The predicted molar refractivity (Wildman–Crippen MR) is 125 cm³/mol. The van der Waals surface area contributed by atoms with Crippen LogP contribution in [-0.4, -0.2) is 5.11 Å². The molecule has 0 aromatic heterocycles. The van der Waals surface area contributed by atoms with Gasteiger partial charge in [-0.15, -0.1) is 0 Å². The molecule has 1 aromatic carbocycles. The van der Waals surface area contributed by atoms with E-state index in [0.29, 0.717) is 5.75 Å². The highest BCUT2D eigenvalue weighted by molar-refractivity contribution is 5.44. The smallest absolute Gasteiger partial charge is 0.119 e. The van der Waals surface area contributed by atoms with E-state index >= 15 is 0 Å². The van der Waals surface area contributed by atoms with Crippen LogP contribution < -0.4 is 0 Å². The van der Waals surface area contributed by atoms with Crippen molar-refractivity contribution in [1.29, 1.82) is 0 Å². The summed E-state index contributed by atoms with van der Waals surface area (Å²) in [5, 5.41) is 10.4. The third-order valence-corrected chi connectivity index (χ3v) is 6.20. The number of phenols is 1. The summed E-state index contributed by atoms with van der Waals surface area (Å²) in [6, 6.07) is 4.01. The van der Waals surface area contributed by atoms with Crippen LogP contribution in [0.2, 0.25) is 0 Å². The summed E-state index contributed by atoms with van der Waals surface area (Å²) >= 11 is 0. The van der Waals surface area contributed by atoms with Gasteiger partial charge in [0.1, 0.15) is 5.75 Å². The highest BCUT2D eigenvalue weighted by atomic mass is 16.3. The van der Waals surface area contributed by atoms with Gasteiger partial charge in [0.25, 0.3) is 0 Å². The first-order valence-corrected chi connectivity index (χ1v) is 12.5. The molecule has 1 rings (SSSR count). The van der Waals surface area contributed by atoms with Crippen molar-refractivity contribution in [2.24, 2.45) is 0 Å². The van der Waals surface area contributed by atoms with Crippen LogP contribution in [0.1, 0.15) is 133 Å². The average Bonchev–Trinajstić information content (AvgIpc) is 2.69. The Bertz CT molecular complexity index is 446. The molecule has 0 aliphatic rings. The van der Waals surface area contributed by atoms with Crippen molar-refractivity contribution in [1.82, 2.24) is 0 Å². The van der Waals surface area contributed by atoms with E-state index in [2.05, 4.69) is 26.8 Å². The van der Waals surface area contributed by atoms with E-state index < -0.39 is 0 Å². The number of hydrogen-bond acceptors (Lipinski definition) is 1. The summed E-state index contributed by atoms with van der Waals surface area (Å²) < 4.78 is 0. The Kier molecular flexibility index (Phi) is 15.1. The van der Waals surface area contributed by atoms with E-state index in [1.165, 1.54) is 119 Å². The predicted octanol–water partition coefficient (Wildman–Crippen LogP) is 9.07. The molecule has 0 unspecified atom stereocenters. The Hall–Kier alpha value is -0.980. The monoisotopic (exact) mass is 388 g/mol. The van der Waals surface area contributed by atoms with Crippen LogP contribution in [-0.2, 0) is 12.8 Å². The van der Waals surface area contributed by atoms with E-state index in [-0.39, 0.29) is 0 Å². The van der Waals surface area contributed by atoms with Crippen molar-refractivity contribution in [3.63, 3.8) is 0 Å². The second kappa shape index (κ2) is 16.9. The fraction of sp³-hybridized carbons (Fsp3) is 0.778. The lowest BCUT2D eigenvalue weighted by Crippen LogP contribution is -1.99. The maximum absolute atomic E-state index is 10.4. The van der Waals surface area contributed by atoms with Crippen LogP contribution in [0.15, 0.2) is 12.1 Å². The topological polar surface area (TPSA) is 20.2 Å². The Balaban J connectivity index is 2.32. The second-order valence-corrected chi connectivity index (χ2v) is 8.81. The van der Waals surface area contributed by atoms with Crippen molar-refractivity contribution in [3.05, 3.63) is 28.8 Å². The van der Waals surface area contributed by atoms with E-state index in [1.807, 2.05) is 6.07 Å². The van der Waals surface area contributed by atoms with Crippen LogP contribution >= 0.6 is 0 Å². The second-order valence-electron chi connectivity index (χ2n) is 8.81. The lowest BCUT2D eigenvalue weighted by atomic mass is 9.92. The minimum atomic E-state index is 0.531. The zero-order valence-electron chi connectivity index (χ0n) is 19.3. The van der Waals surface area contributed by atoms with Gasteiger partial charge in [-0.05, 0) is 55.4 Å². The highest BCUT2D eigenvalue weighted by Crippen LogP contribution is 2.28. The van der Waals surface area contributed by atoms with Gasteiger partial charge in [0.2, 0.25) is 0 Å². The summed E-state index contributed by atoms with van der Waals surface area (Å²) in [7, 11) is 0. The van der Waals surface area contributed by atoms with Crippen molar-refractivity contribution in [3.8, 4) is 5.75 Å². The average molecular weight is 389 g/mol. The zero-order chi connectivity index (χ0) is 20.5. The number of unbranched alkanes of at least 4 members (excludes halogenated alkanes) is 14. The Morgan fingerprint density at radius 1 is 0.536 bits per heavy atom. The molecular weight excluding hydrogens is 340 g/mol. The number of aryl methyl sites for hydroxylation is 1. The summed E-state index contributed by atoms with van der Waals surface area (Å²) in [6.45, 7) is 6.78. The maximum Gasteiger partial charge on any atom is 0.119 e. The normalized spacial score (nSPS) is 11.2. The Morgan fingerprint density at radius 2 is 0.929 bits per heavy atom. The van der Waals surface area contributed by atoms with E-state index in [9.17, 15) is 5.11 Å². The number of aromatic hydroxyl groups is 1. The third-order valence-electron chi connectivity index (χ3n) is 6.20. The van der Waals surface area contributed by atoms with Crippen molar-refractivity contribution in [2.75, 3.05) is 0 Å². The molecule has 1 nitrogen and oxygen atoms in total. The highest BCUT2D eigenvalue weighted by Gasteiger charge is 2.10. The molecule has 0 amide bonds. The first-order valence-electron chi connectivity index (χ1n) is 12.5. The minimum absolute atomic E-state index is 0.531.